The van der Waals surface area contributed by atoms with Crippen LogP contribution < -0.4 is 5.73 Å². The first-order chi connectivity index (χ1) is 8.43. The molecule has 1 aromatic heterocycles. The first-order valence-corrected chi connectivity index (χ1v) is 7.03. The van der Waals surface area contributed by atoms with Crippen LogP contribution >= 0.6 is 11.3 Å². The zero-order chi connectivity index (χ0) is 13.3. The number of nitrogens with zero attached hydrogens (tertiary/aromatic N) is 2. The Morgan fingerprint density at radius 3 is 2.83 bits per heavy atom. The molecule has 0 saturated carbocycles. The molecule has 0 amide bonds. The van der Waals surface area contributed by atoms with Gasteiger partial charge in [0.2, 0.25) is 0 Å². The van der Waals surface area contributed by atoms with E-state index in [1.54, 1.807) is 0 Å². The van der Waals surface area contributed by atoms with Crippen LogP contribution in [0.2, 0.25) is 0 Å². The van der Waals surface area contributed by atoms with Gasteiger partial charge >= 0.3 is 0 Å². The molecule has 3 nitrogen and oxygen atoms in total. The van der Waals surface area contributed by atoms with Crippen LogP contribution in [0.3, 0.4) is 0 Å². The maximum Gasteiger partial charge on any atom is 0.192 e. The van der Waals surface area contributed by atoms with Gasteiger partial charge in [0, 0.05) is 16.3 Å². The van der Waals surface area contributed by atoms with Crippen molar-refractivity contribution in [2.75, 3.05) is 13.1 Å². The van der Waals surface area contributed by atoms with Gasteiger partial charge in [-0.15, -0.1) is 17.9 Å². The predicted octanol–water partition coefficient (Wildman–Crippen LogP) is 2.90. The molecule has 0 saturated heterocycles. The van der Waals surface area contributed by atoms with Gasteiger partial charge in [-0.25, -0.2) is 0 Å². The second-order valence-corrected chi connectivity index (χ2v) is 6.72. The normalized spacial score (nSPS) is 20.1. The minimum Gasteiger partial charge on any atom is -0.370 e. The lowest BCUT2D eigenvalue weighted by atomic mass is 9.95. The zero-order valence-electron chi connectivity index (χ0n) is 11.3. The third-order valence-corrected chi connectivity index (χ3v) is 4.73. The monoisotopic (exact) mass is 263 g/mol. The lowest BCUT2D eigenvalue weighted by Crippen LogP contribution is -2.35. The molecule has 1 aliphatic rings. The van der Waals surface area contributed by atoms with Crippen LogP contribution in [-0.4, -0.2) is 23.9 Å². The maximum absolute atomic E-state index is 5.92. The third-order valence-electron chi connectivity index (χ3n) is 3.12. The van der Waals surface area contributed by atoms with Gasteiger partial charge in [0.1, 0.15) is 0 Å². The Bertz CT molecular complexity index is 468. The zero-order valence-corrected chi connectivity index (χ0v) is 12.1. The Hall–Kier alpha value is -1.29. The SMILES string of the molecule is C=CCN1C(N)=NCC1c1ccc(C(C)(C)C)s1. The Kier molecular flexibility index (Phi) is 3.48. The lowest BCUT2D eigenvalue weighted by molar-refractivity contribution is 0.385. The Labute approximate surface area is 113 Å². The van der Waals surface area contributed by atoms with Crippen molar-refractivity contribution in [3.8, 4) is 0 Å². The topological polar surface area (TPSA) is 41.6 Å². The highest BCUT2D eigenvalue weighted by Crippen LogP contribution is 2.35. The van der Waals surface area contributed by atoms with Crippen molar-refractivity contribution in [2.24, 2.45) is 10.7 Å². The highest BCUT2D eigenvalue weighted by molar-refractivity contribution is 7.12. The summed E-state index contributed by atoms with van der Waals surface area (Å²) in [4.78, 5) is 9.20. The van der Waals surface area contributed by atoms with Crippen molar-refractivity contribution in [1.82, 2.24) is 4.90 Å². The molecular formula is C14H21N3S. The summed E-state index contributed by atoms with van der Waals surface area (Å²) in [5.74, 6) is 0.630. The van der Waals surface area contributed by atoms with E-state index in [0.29, 0.717) is 5.96 Å². The molecule has 0 aromatic carbocycles. The van der Waals surface area contributed by atoms with Crippen molar-refractivity contribution in [3.05, 3.63) is 34.5 Å². The van der Waals surface area contributed by atoms with Gasteiger partial charge in [-0.2, -0.15) is 0 Å². The van der Waals surface area contributed by atoms with E-state index in [2.05, 4.69) is 49.4 Å². The van der Waals surface area contributed by atoms with E-state index >= 15 is 0 Å². The molecule has 1 aromatic rings. The summed E-state index contributed by atoms with van der Waals surface area (Å²) in [5.41, 5.74) is 6.12. The molecule has 2 N–H and O–H groups in total. The molecule has 0 aliphatic carbocycles. The molecule has 98 valence electrons. The summed E-state index contributed by atoms with van der Waals surface area (Å²) in [5, 5.41) is 0. The molecule has 0 radical (unpaired) electrons. The number of guanidine groups is 1. The van der Waals surface area contributed by atoms with Gasteiger partial charge in [0.25, 0.3) is 0 Å². The fraction of sp³-hybridized carbons (Fsp3) is 0.500. The molecule has 0 spiro atoms. The van der Waals surface area contributed by atoms with Crippen molar-refractivity contribution >= 4 is 17.3 Å². The molecule has 2 rings (SSSR count). The Morgan fingerprint density at radius 2 is 2.28 bits per heavy atom. The van der Waals surface area contributed by atoms with Gasteiger partial charge < -0.3 is 10.6 Å². The van der Waals surface area contributed by atoms with Gasteiger partial charge in [-0.05, 0) is 17.5 Å². The number of nitrogens with two attached hydrogens (primary N) is 1. The Balaban J connectivity index is 2.22. The van der Waals surface area contributed by atoms with Crippen molar-refractivity contribution in [2.45, 2.75) is 32.2 Å². The van der Waals surface area contributed by atoms with E-state index in [1.165, 1.54) is 9.75 Å². The van der Waals surface area contributed by atoms with Crippen LogP contribution in [0.15, 0.2) is 29.8 Å². The molecule has 1 atom stereocenters. The Morgan fingerprint density at radius 1 is 1.56 bits per heavy atom. The van der Waals surface area contributed by atoms with Crippen LogP contribution in [0, 0.1) is 0 Å². The fourth-order valence-electron chi connectivity index (χ4n) is 2.07. The quantitative estimate of drug-likeness (QED) is 0.852. The summed E-state index contributed by atoms with van der Waals surface area (Å²) >= 11 is 1.86. The van der Waals surface area contributed by atoms with Gasteiger partial charge in [-0.3, -0.25) is 4.99 Å². The molecule has 18 heavy (non-hydrogen) atoms. The van der Waals surface area contributed by atoms with Gasteiger partial charge in [0.15, 0.2) is 5.96 Å². The molecule has 4 heteroatoms. The third kappa shape index (κ3) is 2.43. The highest BCUT2D eigenvalue weighted by Gasteiger charge is 2.28. The van der Waals surface area contributed by atoms with E-state index in [-0.39, 0.29) is 11.5 Å². The molecule has 0 fully saturated rings. The average Bonchev–Trinajstić information content (AvgIpc) is 2.86. The summed E-state index contributed by atoms with van der Waals surface area (Å²) in [6.07, 6.45) is 1.87. The number of rotatable bonds is 3. The van der Waals surface area contributed by atoms with E-state index in [4.69, 9.17) is 5.73 Å². The van der Waals surface area contributed by atoms with Crippen LogP contribution in [-0.2, 0) is 5.41 Å². The lowest BCUT2D eigenvalue weighted by Gasteiger charge is -2.24. The van der Waals surface area contributed by atoms with Crippen molar-refractivity contribution in [3.63, 3.8) is 0 Å². The minimum atomic E-state index is 0.206. The fourth-order valence-corrected chi connectivity index (χ4v) is 3.24. The average molecular weight is 263 g/mol. The standard InChI is InChI=1S/C14H21N3S/c1-5-8-17-10(9-16-13(17)15)11-6-7-12(18-11)14(2,3)4/h5-7,10H,1,8-9H2,2-4H3,(H2,15,16). The summed E-state index contributed by atoms with van der Waals surface area (Å²) in [7, 11) is 0. The highest BCUT2D eigenvalue weighted by atomic mass is 32.1. The van der Waals surface area contributed by atoms with Gasteiger partial charge in [0.05, 0.1) is 12.6 Å². The largest absolute Gasteiger partial charge is 0.370 e. The molecule has 1 aliphatic heterocycles. The molecular weight excluding hydrogens is 242 g/mol. The van der Waals surface area contributed by atoms with Crippen molar-refractivity contribution < 1.29 is 0 Å². The van der Waals surface area contributed by atoms with Crippen LogP contribution in [0.1, 0.15) is 36.6 Å². The first-order valence-electron chi connectivity index (χ1n) is 6.21. The van der Waals surface area contributed by atoms with E-state index in [9.17, 15) is 0 Å². The number of hydrogen-bond donors (Lipinski definition) is 1. The second-order valence-electron chi connectivity index (χ2n) is 5.61. The second kappa shape index (κ2) is 4.76. The smallest absolute Gasteiger partial charge is 0.192 e. The van der Waals surface area contributed by atoms with Crippen LogP contribution in [0.25, 0.3) is 0 Å². The predicted molar refractivity (Wildman–Crippen MR) is 79.2 cm³/mol. The van der Waals surface area contributed by atoms with Crippen LogP contribution in [0.4, 0.5) is 0 Å². The molecule has 1 unspecified atom stereocenters. The van der Waals surface area contributed by atoms with Gasteiger partial charge in [-0.1, -0.05) is 26.8 Å². The van der Waals surface area contributed by atoms with Crippen LogP contribution in [0.5, 0.6) is 0 Å². The number of thiophene rings is 1. The minimum absolute atomic E-state index is 0.206. The number of aliphatic imine (C=N–C) groups is 1. The summed E-state index contributed by atoms with van der Waals surface area (Å²) < 4.78 is 0. The van der Waals surface area contributed by atoms with E-state index < -0.39 is 0 Å². The molecule has 0 bridgehead atoms. The van der Waals surface area contributed by atoms with Crippen molar-refractivity contribution in [1.29, 1.82) is 0 Å². The van der Waals surface area contributed by atoms with E-state index in [0.717, 1.165) is 13.1 Å². The summed E-state index contributed by atoms with van der Waals surface area (Å²) in [6, 6.07) is 4.71. The summed E-state index contributed by atoms with van der Waals surface area (Å²) in [6.45, 7) is 12.0. The first kappa shape index (κ1) is 13.1. The maximum atomic E-state index is 5.92. The van der Waals surface area contributed by atoms with E-state index in [1.807, 2.05) is 17.4 Å². The number of hydrogen-bond acceptors (Lipinski definition) is 4. The molecule has 2 heterocycles.